The summed E-state index contributed by atoms with van der Waals surface area (Å²) in [6, 6.07) is 3.51. The Hall–Kier alpha value is -1.89. The van der Waals surface area contributed by atoms with Crippen molar-refractivity contribution in [2.75, 3.05) is 39.4 Å². The number of piperidine rings is 1. The van der Waals surface area contributed by atoms with Gasteiger partial charge in [-0.1, -0.05) is 0 Å². The molecule has 0 atom stereocenters. The number of hydrogen-bond donors (Lipinski definition) is 1. The average molecular weight is 355 g/mol. The second-order valence-electron chi connectivity index (χ2n) is 5.80. The molecule has 0 amide bonds. The highest BCUT2D eigenvalue weighted by molar-refractivity contribution is 5.80. The Morgan fingerprint density at radius 1 is 1.24 bits per heavy atom. The molecule has 0 spiro atoms. The van der Waals surface area contributed by atoms with Gasteiger partial charge in [0.25, 0.3) is 0 Å². The van der Waals surface area contributed by atoms with Crippen LogP contribution in [0.1, 0.15) is 26.7 Å². The molecule has 1 aliphatic heterocycles. The molecule has 140 valence electrons. The molecular weight excluding hydrogens is 328 g/mol. The Balaban J connectivity index is 1.82. The summed E-state index contributed by atoms with van der Waals surface area (Å²) >= 11 is 0. The third-order valence-corrected chi connectivity index (χ3v) is 3.99. The topological polar surface area (TPSA) is 46.1 Å². The molecule has 1 fully saturated rings. The van der Waals surface area contributed by atoms with Crippen LogP contribution >= 0.6 is 0 Å². The number of benzene rings is 1. The van der Waals surface area contributed by atoms with Crippen molar-refractivity contribution in [1.82, 2.24) is 10.2 Å². The Kier molecular flexibility index (Phi) is 7.91. The first-order valence-corrected chi connectivity index (χ1v) is 8.86. The molecule has 0 aliphatic carbocycles. The lowest BCUT2D eigenvalue weighted by atomic mass is 10.1. The number of hydrogen-bond acceptors (Lipinski definition) is 3. The van der Waals surface area contributed by atoms with E-state index in [1.165, 1.54) is 6.07 Å². The van der Waals surface area contributed by atoms with Gasteiger partial charge in [0.1, 0.15) is 12.4 Å². The highest BCUT2D eigenvalue weighted by atomic mass is 19.2. The van der Waals surface area contributed by atoms with Gasteiger partial charge in [0.15, 0.2) is 17.6 Å². The molecule has 2 rings (SSSR count). The van der Waals surface area contributed by atoms with Crippen LogP contribution in [0.3, 0.4) is 0 Å². The Morgan fingerprint density at radius 2 is 2.00 bits per heavy atom. The summed E-state index contributed by atoms with van der Waals surface area (Å²) in [6.45, 7) is 8.13. The summed E-state index contributed by atoms with van der Waals surface area (Å²) in [4.78, 5) is 6.78. The van der Waals surface area contributed by atoms with Gasteiger partial charge in [0.2, 0.25) is 0 Å². The summed E-state index contributed by atoms with van der Waals surface area (Å²) in [5.74, 6) is -0.635. The highest BCUT2D eigenvalue weighted by Crippen LogP contribution is 2.16. The zero-order valence-corrected chi connectivity index (χ0v) is 14.9. The first kappa shape index (κ1) is 19.4. The van der Waals surface area contributed by atoms with Gasteiger partial charge in [0, 0.05) is 32.3 Å². The van der Waals surface area contributed by atoms with Crippen molar-refractivity contribution in [2.45, 2.75) is 32.8 Å². The van der Waals surface area contributed by atoms with E-state index in [2.05, 4.69) is 15.2 Å². The minimum atomic E-state index is -0.911. The Bertz CT molecular complexity index is 561. The predicted molar refractivity (Wildman–Crippen MR) is 94.1 cm³/mol. The summed E-state index contributed by atoms with van der Waals surface area (Å²) < 4.78 is 37.1. The molecule has 1 aromatic rings. The third-order valence-electron chi connectivity index (χ3n) is 3.99. The molecular formula is C18H27F2N3O2. The standard InChI is InChI=1S/C18H27F2N3O2/c1-3-21-18(23-10-7-14(8-11-23)24-4-2)22-9-12-25-15-5-6-16(19)17(20)13-15/h5-6,13-14H,3-4,7-12H2,1-2H3,(H,21,22). The van der Waals surface area contributed by atoms with Crippen molar-refractivity contribution in [3.05, 3.63) is 29.8 Å². The molecule has 1 saturated heterocycles. The van der Waals surface area contributed by atoms with Crippen LogP contribution in [0.4, 0.5) is 8.78 Å². The van der Waals surface area contributed by atoms with E-state index in [0.717, 1.165) is 57.2 Å². The van der Waals surface area contributed by atoms with Crippen molar-refractivity contribution in [2.24, 2.45) is 4.99 Å². The van der Waals surface area contributed by atoms with Gasteiger partial charge in [-0.05, 0) is 38.8 Å². The largest absolute Gasteiger partial charge is 0.492 e. The third kappa shape index (κ3) is 6.16. The Labute approximate surface area is 148 Å². The molecule has 0 saturated carbocycles. The number of halogens is 2. The van der Waals surface area contributed by atoms with Crippen molar-refractivity contribution in [1.29, 1.82) is 0 Å². The van der Waals surface area contributed by atoms with E-state index in [0.29, 0.717) is 25.0 Å². The average Bonchev–Trinajstić information content (AvgIpc) is 2.62. The molecule has 0 unspecified atom stereocenters. The fourth-order valence-electron chi connectivity index (χ4n) is 2.78. The fourth-order valence-corrected chi connectivity index (χ4v) is 2.78. The zero-order valence-electron chi connectivity index (χ0n) is 14.9. The van der Waals surface area contributed by atoms with Crippen LogP contribution in [0.5, 0.6) is 5.75 Å². The molecule has 1 aliphatic rings. The van der Waals surface area contributed by atoms with Crippen molar-refractivity contribution < 1.29 is 18.3 Å². The Morgan fingerprint density at radius 3 is 2.64 bits per heavy atom. The lowest BCUT2D eigenvalue weighted by Gasteiger charge is -2.34. The molecule has 25 heavy (non-hydrogen) atoms. The first-order chi connectivity index (χ1) is 12.1. The maximum absolute atomic E-state index is 13.1. The molecule has 0 radical (unpaired) electrons. The maximum atomic E-state index is 13.1. The second kappa shape index (κ2) is 10.2. The number of ether oxygens (including phenoxy) is 2. The van der Waals surface area contributed by atoms with Gasteiger partial charge in [-0.3, -0.25) is 0 Å². The van der Waals surface area contributed by atoms with Crippen LogP contribution in [-0.2, 0) is 4.74 Å². The lowest BCUT2D eigenvalue weighted by molar-refractivity contribution is 0.0263. The first-order valence-electron chi connectivity index (χ1n) is 8.86. The number of nitrogens with zero attached hydrogens (tertiary/aromatic N) is 2. The number of nitrogens with one attached hydrogen (secondary N) is 1. The quantitative estimate of drug-likeness (QED) is 0.464. The lowest BCUT2D eigenvalue weighted by Crippen LogP contribution is -2.47. The smallest absolute Gasteiger partial charge is 0.194 e. The van der Waals surface area contributed by atoms with Crippen LogP contribution in [0, 0.1) is 11.6 Å². The van der Waals surface area contributed by atoms with E-state index in [1.54, 1.807) is 0 Å². The van der Waals surface area contributed by atoms with Crippen molar-refractivity contribution in [3.8, 4) is 5.75 Å². The molecule has 1 aromatic carbocycles. The molecule has 7 heteroatoms. The second-order valence-corrected chi connectivity index (χ2v) is 5.80. The van der Waals surface area contributed by atoms with Gasteiger partial charge >= 0.3 is 0 Å². The number of guanidine groups is 1. The van der Waals surface area contributed by atoms with Crippen LogP contribution in [0.15, 0.2) is 23.2 Å². The molecule has 0 aromatic heterocycles. The summed E-state index contributed by atoms with van der Waals surface area (Å²) in [5, 5.41) is 3.28. The van der Waals surface area contributed by atoms with Crippen LogP contribution in [-0.4, -0.2) is 56.4 Å². The van der Waals surface area contributed by atoms with Crippen molar-refractivity contribution in [3.63, 3.8) is 0 Å². The monoisotopic (exact) mass is 355 g/mol. The van der Waals surface area contributed by atoms with Crippen molar-refractivity contribution >= 4 is 5.96 Å². The summed E-state index contributed by atoms with van der Waals surface area (Å²) in [5.41, 5.74) is 0. The van der Waals surface area contributed by atoms with E-state index < -0.39 is 11.6 Å². The van der Waals surface area contributed by atoms with E-state index in [-0.39, 0.29) is 0 Å². The van der Waals surface area contributed by atoms with Gasteiger partial charge in [0.05, 0.1) is 12.6 Å². The normalized spacial score (nSPS) is 16.2. The molecule has 1 heterocycles. The number of aliphatic imine (C=N–C) groups is 1. The van der Waals surface area contributed by atoms with Gasteiger partial charge < -0.3 is 19.7 Å². The zero-order chi connectivity index (χ0) is 18.1. The van der Waals surface area contributed by atoms with Crippen LogP contribution in [0.2, 0.25) is 0 Å². The predicted octanol–water partition coefficient (Wildman–Crippen LogP) is 2.81. The van der Waals surface area contributed by atoms with E-state index >= 15 is 0 Å². The fraction of sp³-hybridized carbons (Fsp3) is 0.611. The number of likely N-dealkylation sites (tertiary alicyclic amines) is 1. The maximum Gasteiger partial charge on any atom is 0.194 e. The van der Waals surface area contributed by atoms with E-state index in [9.17, 15) is 8.78 Å². The minimum Gasteiger partial charge on any atom is -0.492 e. The van der Waals surface area contributed by atoms with Gasteiger partial charge in [-0.2, -0.15) is 0 Å². The van der Waals surface area contributed by atoms with Crippen LogP contribution < -0.4 is 10.1 Å². The SMILES string of the molecule is CCNC(=NCCOc1ccc(F)c(F)c1)N1CCC(OCC)CC1. The van der Waals surface area contributed by atoms with Crippen LogP contribution in [0.25, 0.3) is 0 Å². The molecule has 5 nitrogen and oxygen atoms in total. The highest BCUT2D eigenvalue weighted by Gasteiger charge is 2.21. The minimum absolute atomic E-state index is 0.301. The number of rotatable bonds is 7. The van der Waals surface area contributed by atoms with Gasteiger partial charge in [-0.15, -0.1) is 0 Å². The van der Waals surface area contributed by atoms with E-state index in [1.807, 2.05) is 13.8 Å². The van der Waals surface area contributed by atoms with E-state index in [4.69, 9.17) is 9.47 Å². The molecule has 0 bridgehead atoms. The summed E-state index contributed by atoms with van der Waals surface area (Å²) in [6.07, 6.45) is 2.31. The van der Waals surface area contributed by atoms with Gasteiger partial charge in [-0.25, -0.2) is 13.8 Å². The molecule has 1 N–H and O–H groups in total. The summed E-state index contributed by atoms with van der Waals surface area (Å²) in [7, 11) is 0.